The highest BCUT2D eigenvalue weighted by Crippen LogP contribution is 2.25. The third-order valence-corrected chi connectivity index (χ3v) is 3.76. The van der Waals surface area contributed by atoms with Gasteiger partial charge in [0.15, 0.2) is 0 Å². The van der Waals surface area contributed by atoms with Gasteiger partial charge >= 0.3 is 7.12 Å². The molecule has 0 radical (unpaired) electrons. The van der Waals surface area contributed by atoms with E-state index in [-0.39, 0.29) is 0 Å². The molecule has 3 rings (SSSR count). The maximum absolute atomic E-state index is 9.88. The number of hydrogen-bond donors (Lipinski definition) is 2. The second-order valence-corrected chi connectivity index (χ2v) is 5.15. The average molecular weight is 276 g/mol. The van der Waals surface area contributed by atoms with Gasteiger partial charge in [0.25, 0.3) is 0 Å². The van der Waals surface area contributed by atoms with E-state index in [1.807, 2.05) is 48.5 Å². The summed E-state index contributed by atoms with van der Waals surface area (Å²) in [5, 5.41) is 19.8. The Morgan fingerprint density at radius 3 is 2.24 bits per heavy atom. The summed E-state index contributed by atoms with van der Waals surface area (Å²) in [5.74, 6) is 0. The van der Waals surface area contributed by atoms with Gasteiger partial charge in [0.05, 0.1) is 0 Å². The van der Waals surface area contributed by atoms with Gasteiger partial charge in [-0.25, -0.2) is 0 Å². The van der Waals surface area contributed by atoms with Gasteiger partial charge in [-0.2, -0.15) is 0 Å². The third kappa shape index (κ3) is 2.84. The Hall–Kier alpha value is -2.10. The maximum atomic E-state index is 9.88. The van der Waals surface area contributed by atoms with E-state index >= 15 is 0 Å². The van der Waals surface area contributed by atoms with E-state index in [4.69, 9.17) is 0 Å². The highest BCUT2D eigenvalue weighted by Gasteiger charge is 2.22. The molecule has 0 spiro atoms. The third-order valence-electron chi connectivity index (χ3n) is 3.76. The summed E-state index contributed by atoms with van der Waals surface area (Å²) in [7, 11) is -1.49. The van der Waals surface area contributed by atoms with Crippen molar-refractivity contribution < 1.29 is 10.0 Å². The van der Waals surface area contributed by atoms with Crippen LogP contribution < -0.4 is 5.46 Å². The fraction of sp³-hybridized carbons (Fsp3) is 0.111. The molecular formula is C18H17BO2. The molecule has 0 unspecified atom stereocenters. The Kier molecular flexibility index (Phi) is 4.04. The minimum absolute atomic E-state index is 0.571. The fourth-order valence-electron chi connectivity index (χ4n) is 2.78. The molecule has 2 N–H and O–H groups in total. The molecule has 1 aliphatic carbocycles. The summed E-state index contributed by atoms with van der Waals surface area (Å²) in [6.45, 7) is 0. The van der Waals surface area contributed by atoms with E-state index in [9.17, 15) is 10.0 Å². The van der Waals surface area contributed by atoms with Crippen molar-refractivity contribution in [3.05, 3.63) is 72.3 Å². The van der Waals surface area contributed by atoms with Gasteiger partial charge < -0.3 is 10.0 Å². The zero-order valence-electron chi connectivity index (χ0n) is 11.7. The molecule has 0 aliphatic heterocycles. The quantitative estimate of drug-likeness (QED) is 0.846. The average Bonchev–Trinajstić information content (AvgIpc) is 2.55. The van der Waals surface area contributed by atoms with Crippen LogP contribution in [0.5, 0.6) is 0 Å². The zero-order valence-corrected chi connectivity index (χ0v) is 11.7. The lowest BCUT2D eigenvalue weighted by molar-refractivity contribution is 0.426. The van der Waals surface area contributed by atoms with Gasteiger partial charge in [0, 0.05) is 0 Å². The first-order valence-corrected chi connectivity index (χ1v) is 7.19. The van der Waals surface area contributed by atoms with Gasteiger partial charge in [-0.1, -0.05) is 66.8 Å². The lowest BCUT2D eigenvalue weighted by atomic mass is 9.70. The predicted molar refractivity (Wildman–Crippen MR) is 88.1 cm³/mol. The summed E-state index contributed by atoms with van der Waals surface area (Å²) in [4.78, 5) is 0. The summed E-state index contributed by atoms with van der Waals surface area (Å²) >= 11 is 0. The van der Waals surface area contributed by atoms with Crippen molar-refractivity contribution in [3.63, 3.8) is 0 Å². The molecule has 0 fully saturated rings. The molecule has 3 heteroatoms. The van der Waals surface area contributed by atoms with Gasteiger partial charge in [-0.3, -0.25) is 0 Å². The predicted octanol–water partition coefficient (Wildman–Crippen LogP) is 2.77. The largest absolute Gasteiger partial charge is 0.489 e. The van der Waals surface area contributed by atoms with Crippen LogP contribution in [0.2, 0.25) is 0 Å². The first-order chi connectivity index (χ1) is 10.3. The van der Waals surface area contributed by atoms with E-state index in [1.54, 1.807) is 0 Å². The summed E-state index contributed by atoms with van der Waals surface area (Å²) in [5.41, 5.74) is 4.37. The van der Waals surface area contributed by atoms with Gasteiger partial charge in [-0.15, -0.1) is 0 Å². The Morgan fingerprint density at radius 1 is 0.810 bits per heavy atom. The molecule has 104 valence electrons. The van der Waals surface area contributed by atoms with Crippen LogP contribution in [0.1, 0.15) is 18.4 Å². The second kappa shape index (κ2) is 6.12. The molecule has 0 amide bonds. The van der Waals surface area contributed by atoms with Crippen LogP contribution >= 0.6 is 0 Å². The zero-order chi connectivity index (χ0) is 14.7. The Balaban J connectivity index is 2.18. The highest BCUT2D eigenvalue weighted by atomic mass is 16.4. The van der Waals surface area contributed by atoms with Crippen LogP contribution in [0, 0.1) is 0 Å². The monoisotopic (exact) mass is 276 g/mol. The number of benzene rings is 2. The van der Waals surface area contributed by atoms with Crippen LogP contribution in [0.15, 0.2) is 66.8 Å². The van der Waals surface area contributed by atoms with Crippen molar-refractivity contribution in [3.8, 4) is 11.1 Å². The Morgan fingerprint density at radius 2 is 1.57 bits per heavy atom. The van der Waals surface area contributed by atoms with E-state index in [0.29, 0.717) is 5.46 Å². The molecule has 0 saturated carbocycles. The van der Waals surface area contributed by atoms with Crippen LogP contribution in [-0.4, -0.2) is 17.2 Å². The molecule has 2 aromatic carbocycles. The molecule has 2 nitrogen and oxygen atoms in total. The van der Waals surface area contributed by atoms with Gasteiger partial charge in [0.2, 0.25) is 0 Å². The first-order valence-electron chi connectivity index (χ1n) is 7.19. The van der Waals surface area contributed by atoms with Crippen LogP contribution in [0.25, 0.3) is 16.7 Å². The van der Waals surface area contributed by atoms with Crippen molar-refractivity contribution in [1.29, 1.82) is 0 Å². The van der Waals surface area contributed by atoms with E-state index in [0.717, 1.165) is 35.1 Å². The molecule has 0 heterocycles. The lowest BCUT2D eigenvalue weighted by Crippen LogP contribution is -2.34. The minimum Gasteiger partial charge on any atom is -0.423 e. The molecule has 0 aromatic heterocycles. The van der Waals surface area contributed by atoms with E-state index < -0.39 is 7.12 Å². The normalized spacial score (nSPS) is 13.9. The topological polar surface area (TPSA) is 40.5 Å². The molecule has 21 heavy (non-hydrogen) atoms. The summed E-state index contributed by atoms with van der Waals surface area (Å²) in [6.07, 6.45) is 8.36. The first kappa shape index (κ1) is 13.9. The summed E-state index contributed by atoms with van der Waals surface area (Å²) < 4.78 is 0. The van der Waals surface area contributed by atoms with Crippen molar-refractivity contribution in [2.75, 3.05) is 0 Å². The Bertz CT molecular complexity index is 688. The van der Waals surface area contributed by atoms with Gasteiger partial charge in [0.1, 0.15) is 0 Å². The Labute approximate surface area is 125 Å². The van der Waals surface area contributed by atoms with Crippen LogP contribution in [0.4, 0.5) is 0 Å². The molecule has 2 aromatic rings. The van der Waals surface area contributed by atoms with Crippen molar-refractivity contribution in [1.82, 2.24) is 0 Å². The molecular weight excluding hydrogens is 259 g/mol. The summed E-state index contributed by atoms with van der Waals surface area (Å²) in [6, 6.07) is 15.7. The highest BCUT2D eigenvalue weighted by molar-refractivity contribution is 6.61. The fourth-order valence-corrected chi connectivity index (χ4v) is 2.78. The van der Waals surface area contributed by atoms with E-state index in [1.165, 1.54) is 0 Å². The molecule has 0 saturated heterocycles. The second-order valence-electron chi connectivity index (χ2n) is 5.15. The minimum atomic E-state index is -1.49. The molecule has 0 atom stereocenters. The van der Waals surface area contributed by atoms with Crippen LogP contribution in [-0.2, 0) is 0 Å². The number of allylic oxidation sites excluding steroid dienone is 4. The van der Waals surface area contributed by atoms with Crippen molar-refractivity contribution in [2.45, 2.75) is 12.8 Å². The smallest absolute Gasteiger partial charge is 0.423 e. The van der Waals surface area contributed by atoms with Gasteiger partial charge in [-0.05, 0) is 40.6 Å². The number of hydrogen-bond acceptors (Lipinski definition) is 2. The van der Waals surface area contributed by atoms with Crippen molar-refractivity contribution in [2.24, 2.45) is 0 Å². The van der Waals surface area contributed by atoms with Crippen LogP contribution in [0.3, 0.4) is 0 Å². The number of rotatable bonds is 3. The molecule has 1 aliphatic rings. The maximum Gasteiger partial charge on any atom is 0.489 e. The van der Waals surface area contributed by atoms with E-state index in [2.05, 4.69) is 18.2 Å². The lowest BCUT2D eigenvalue weighted by Gasteiger charge is -2.17. The SMILES string of the molecule is OB(O)c1c(C2=CCCC=C2)cccc1-c1ccccc1. The van der Waals surface area contributed by atoms with Crippen molar-refractivity contribution >= 4 is 18.2 Å². The molecule has 0 bridgehead atoms. The standard InChI is InChI=1S/C18H17BO2/c20-19(21)18-16(14-8-3-1-4-9-14)12-7-13-17(18)15-10-5-2-6-11-15/h1,3-5,7-13,20-21H,2,6H2.